The molecule has 0 aromatic heterocycles. The summed E-state index contributed by atoms with van der Waals surface area (Å²) in [5.41, 5.74) is 0.958. The lowest BCUT2D eigenvalue weighted by molar-refractivity contribution is -0.172. The Balaban J connectivity index is 1.79. The minimum Gasteiger partial charge on any atom is -0.465 e. The van der Waals surface area contributed by atoms with E-state index in [0.29, 0.717) is 12.8 Å². The molecule has 0 aliphatic rings. The molecule has 0 spiro atoms. The molecule has 0 saturated carbocycles. The van der Waals surface area contributed by atoms with Gasteiger partial charge in [0.05, 0.1) is 18.6 Å². The van der Waals surface area contributed by atoms with Gasteiger partial charge in [-0.05, 0) is 63.5 Å². The third-order valence-corrected chi connectivity index (χ3v) is 9.32. The molecule has 2 aromatic carbocycles. The Morgan fingerprint density at radius 1 is 0.577 bits per heavy atom. The summed E-state index contributed by atoms with van der Waals surface area (Å²) < 4.78 is 28.6. The molecule has 0 heterocycles. The van der Waals surface area contributed by atoms with E-state index >= 15 is 0 Å². The number of hydrogen-bond acceptors (Lipinski definition) is 8. The normalized spacial score (nSPS) is 13.7. The Labute approximate surface area is 314 Å². The smallest absolute Gasteiger partial charge is 0.334 e. The van der Waals surface area contributed by atoms with Crippen molar-refractivity contribution in [2.45, 2.75) is 149 Å². The molecule has 8 nitrogen and oxygen atoms in total. The Morgan fingerprint density at radius 2 is 1.00 bits per heavy atom. The highest BCUT2D eigenvalue weighted by atomic mass is 16.6. The third kappa shape index (κ3) is 20.5. The second-order valence-corrected chi connectivity index (χ2v) is 13.9. The van der Waals surface area contributed by atoms with E-state index in [1.54, 1.807) is 13.8 Å². The standard InChI is InChI=1S/C44H66O8/c1-5-7-8-9-10-11-12-13-14-15-16-17-18-19-26-31-41(45)50-34-44(6-2,35-51-42(46)37(3)48-32-39-27-22-20-23-28-39)36-52-43(47)38(4)49-33-40-29-24-21-25-30-40/h13-14,20-25,27-30,37-38H,5-12,15-19,26,31-36H2,1-4H3/b14-13-. The maximum atomic E-state index is 12.9. The number of carbonyl (C=O) groups excluding carboxylic acids is 3. The number of hydrogen-bond donors (Lipinski definition) is 0. The molecule has 0 fully saturated rings. The van der Waals surface area contributed by atoms with Crippen LogP contribution in [0, 0.1) is 5.41 Å². The lowest BCUT2D eigenvalue weighted by Gasteiger charge is -2.31. The quantitative estimate of drug-likeness (QED) is 0.0340. The van der Waals surface area contributed by atoms with Gasteiger partial charge in [-0.1, -0.05) is 138 Å². The molecule has 290 valence electrons. The van der Waals surface area contributed by atoms with Crippen LogP contribution in [0.5, 0.6) is 0 Å². The van der Waals surface area contributed by atoms with Gasteiger partial charge in [-0.25, -0.2) is 9.59 Å². The highest BCUT2D eigenvalue weighted by Gasteiger charge is 2.35. The van der Waals surface area contributed by atoms with Gasteiger partial charge in [0.25, 0.3) is 0 Å². The highest BCUT2D eigenvalue weighted by Crippen LogP contribution is 2.26. The maximum Gasteiger partial charge on any atom is 0.334 e. The van der Waals surface area contributed by atoms with Crippen LogP contribution in [0.1, 0.15) is 135 Å². The summed E-state index contributed by atoms with van der Waals surface area (Å²) in [6.07, 6.45) is 19.2. The number of carbonyl (C=O) groups is 3. The number of ether oxygens (including phenoxy) is 5. The van der Waals surface area contributed by atoms with Crippen LogP contribution in [0.2, 0.25) is 0 Å². The zero-order valence-electron chi connectivity index (χ0n) is 32.5. The number of rotatable bonds is 30. The molecule has 0 amide bonds. The Hall–Kier alpha value is -3.49. The Morgan fingerprint density at radius 3 is 1.46 bits per heavy atom. The maximum absolute atomic E-state index is 12.9. The average Bonchev–Trinajstić information content (AvgIpc) is 3.17. The fourth-order valence-corrected chi connectivity index (χ4v) is 5.49. The summed E-state index contributed by atoms with van der Waals surface area (Å²) in [5.74, 6) is -1.40. The number of allylic oxidation sites excluding steroid dienone is 2. The SMILES string of the molecule is CCCCCCCC/C=C\CCCCCCCC(=O)OCC(CC)(COC(=O)C(C)OCc1ccccc1)COC(=O)C(C)OCc1ccccc1. The summed E-state index contributed by atoms with van der Waals surface area (Å²) in [6.45, 7) is 7.70. The van der Waals surface area contributed by atoms with Gasteiger partial charge in [0.2, 0.25) is 0 Å². The van der Waals surface area contributed by atoms with Crippen LogP contribution in [0.3, 0.4) is 0 Å². The molecule has 0 bridgehead atoms. The van der Waals surface area contributed by atoms with E-state index in [9.17, 15) is 14.4 Å². The minimum absolute atomic E-state index is 0.0491. The molecule has 0 radical (unpaired) electrons. The van der Waals surface area contributed by atoms with Gasteiger partial charge in [0, 0.05) is 6.42 Å². The van der Waals surface area contributed by atoms with Gasteiger partial charge in [0.1, 0.15) is 19.8 Å². The van der Waals surface area contributed by atoms with Crippen LogP contribution >= 0.6 is 0 Å². The molecule has 0 aliphatic carbocycles. The number of esters is 3. The molecular weight excluding hydrogens is 656 g/mol. The largest absolute Gasteiger partial charge is 0.465 e. The summed E-state index contributed by atoms with van der Waals surface area (Å²) in [5, 5.41) is 0. The zero-order chi connectivity index (χ0) is 37.7. The predicted molar refractivity (Wildman–Crippen MR) is 206 cm³/mol. The van der Waals surface area contributed by atoms with Gasteiger partial charge in [-0.2, -0.15) is 0 Å². The van der Waals surface area contributed by atoms with E-state index in [0.717, 1.165) is 43.2 Å². The zero-order valence-corrected chi connectivity index (χ0v) is 32.5. The monoisotopic (exact) mass is 722 g/mol. The second-order valence-electron chi connectivity index (χ2n) is 13.9. The molecule has 2 unspecified atom stereocenters. The summed E-state index contributed by atoms with van der Waals surface area (Å²) in [6, 6.07) is 19.1. The van der Waals surface area contributed by atoms with Gasteiger partial charge in [-0.3, -0.25) is 4.79 Å². The average molecular weight is 723 g/mol. The molecule has 52 heavy (non-hydrogen) atoms. The molecule has 8 heteroatoms. The van der Waals surface area contributed by atoms with E-state index in [1.807, 2.05) is 67.6 Å². The lowest BCUT2D eigenvalue weighted by atomic mass is 9.88. The van der Waals surface area contributed by atoms with Gasteiger partial charge >= 0.3 is 17.9 Å². The first-order chi connectivity index (χ1) is 25.3. The molecule has 0 saturated heterocycles. The fraction of sp³-hybridized carbons (Fsp3) is 0.614. The summed E-state index contributed by atoms with van der Waals surface area (Å²) in [7, 11) is 0. The van der Waals surface area contributed by atoms with Crippen molar-refractivity contribution in [1.29, 1.82) is 0 Å². The minimum atomic E-state index is -0.929. The van der Waals surface area contributed by atoms with E-state index < -0.39 is 29.6 Å². The molecule has 2 rings (SSSR count). The van der Waals surface area contributed by atoms with Crippen molar-refractivity contribution in [3.8, 4) is 0 Å². The van der Waals surface area contributed by atoms with Crippen LogP contribution in [0.25, 0.3) is 0 Å². The molecule has 2 aromatic rings. The first-order valence-corrected chi connectivity index (χ1v) is 19.7. The van der Waals surface area contributed by atoms with Gasteiger partial charge in [0.15, 0.2) is 12.2 Å². The van der Waals surface area contributed by atoms with Crippen molar-refractivity contribution in [3.05, 3.63) is 83.9 Å². The van der Waals surface area contributed by atoms with Crippen molar-refractivity contribution in [2.24, 2.45) is 5.41 Å². The highest BCUT2D eigenvalue weighted by molar-refractivity contribution is 5.75. The van der Waals surface area contributed by atoms with Gasteiger partial charge in [-0.15, -0.1) is 0 Å². The molecular formula is C44H66O8. The van der Waals surface area contributed by atoms with E-state index in [4.69, 9.17) is 23.7 Å². The summed E-state index contributed by atoms with van der Waals surface area (Å²) in [4.78, 5) is 38.6. The van der Waals surface area contributed by atoms with Crippen LogP contribution < -0.4 is 0 Å². The Kier molecular flexibility index (Phi) is 24.1. The van der Waals surface area contributed by atoms with E-state index in [-0.39, 0.29) is 39.0 Å². The van der Waals surface area contributed by atoms with Crippen molar-refractivity contribution in [1.82, 2.24) is 0 Å². The van der Waals surface area contributed by atoms with Gasteiger partial charge < -0.3 is 23.7 Å². The molecule has 2 atom stereocenters. The van der Waals surface area contributed by atoms with E-state index in [1.165, 1.54) is 51.4 Å². The van der Waals surface area contributed by atoms with Crippen molar-refractivity contribution >= 4 is 17.9 Å². The fourth-order valence-electron chi connectivity index (χ4n) is 5.49. The van der Waals surface area contributed by atoms with E-state index in [2.05, 4.69) is 19.1 Å². The topological polar surface area (TPSA) is 97.4 Å². The van der Waals surface area contributed by atoms with Crippen molar-refractivity contribution < 1.29 is 38.1 Å². The molecule has 0 aliphatic heterocycles. The third-order valence-electron chi connectivity index (χ3n) is 9.32. The van der Waals surface area contributed by atoms with Crippen molar-refractivity contribution in [3.63, 3.8) is 0 Å². The van der Waals surface area contributed by atoms with Crippen LogP contribution in [-0.2, 0) is 51.3 Å². The van der Waals surface area contributed by atoms with Crippen LogP contribution in [-0.4, -0.2) is 49.9 Å². The first-order valence-electron chi connectivity index (χ1n) is 19.7. The van der Waals surface area contributed by atoms with Crippen LogP contribution in [0.4, 0.5) is 0 Å². The van der Waals surface area contributed by atoms with Crippen LogP contribution in [0.15, 0.2) is 72.8 Å². The lowest BCUT2D eigenvalue weighted by Crippen LogP contribution is -2.41. The Bertz CT molecular complexity index is 1180. The second kappa shape index (κ2) is 28.1. The first kappa shape index (κ1) is 44.7. The molecule has 0 N–H and O–H groups in total. The predicted octanol–water partition coefficient (Wildman–Crippen LogP) is 10.3. The number of benzene rings is 2. The summed E-state index contributed by atoms with van der Waals surface area (Å²) >= 11 is 0. The number of unbranched alkanes of at least 4 members (excludes halogenated alkanes) is 11. The van der Waals surface area contributed by atoms with Crippen molar-refractivity contribution in [2.75, 3.05) is 19.8 Å².